The predicted molar refractivity (Wildman–Crippen MR) is 83.8 cm³/mol. The van der Waals surface area contributed by atoms with E-state index in [4.69, 9.17) is 4.74 Å². The number of ether oxygens (including phenoxy) is 1. The molecule has 0 radical (unpaired) electrons. The SMILES string of the molecule is C=CCOc1ccccc1CNC(=O)NC1CCS(=O)C1. The Kier molecular flexibility index (Phi) is 5.80. The first kappa shape index (κ1) is 15.6. The lowest BCUT2D eigenvalue weighted by molar-refractivity contribution is 0.237. The van der Waals surface area contributed by atoms with Crippen molar-refractivity contribution in [2.75, 3.05) is 18.1 Å². The van der Waals surface area contributed by atoms with Gasteiger partial charge < -0.3 is 15.4 Å². The molecule has 1 aromatic rings. The third-order valence-corrected chi connectivity index (χ3v) is 4.65. The number of hydrogen-bond acceptors (Lipinski definition) is 3. The van der Waals surface area contributed by atoms with Crippen LogP contribution in [0.15, 0.2) is 36.9 Å². The van der Waals surface area contributed by atoms with Crippen molar-refractivity contribution in [3.8, 4) is 5.75 Å². The molecule has 1 fully saturated rings. The largest absolute Gasteiger partial charge is 0.489 e. The number of benzene rings is 1. The lowest BCUT2D eigenvalue weighted by atomic mass is 10.2. The summed E-state index contributed by atoms with van der Waals surface area (Å²) in [5.41, 5.74) is 0.907. The molecule has 0 aliphatic carbocycles. The number of urea groups is 1. The summed E-state index contributed by atoms with van der Waals surface area (Å²) in [7, 11) is -0.789. The van der Waals surface area contributed by atoms with Gasteiger partial charge in [0.05, 0.1) is 0 Å². The Morgan fingerprint density at radius 3 is 3.00 bits per heavy atom. The second-order valence-electron chi connectivity index (χ2n) is 4.83. The summed E-state index contributed by atoms with van der Waals surface area (Å²) in [4.78, 5) is 11.8. The topological polar surface area (TPSA) is 67.4 Å². The molecular weight excluding hydrogens is 288 g/mol. The number of carbonyl (C=O) groups is 1. The molecule has 1 saturated heterocycles. The lowest BCUT2D eigenvalue weighted by Gasteiger charge is -2.14. The van der Waals surface area contributed by atoms with E-state index in [2.05, 4.69) is 17.2 Å². The van der Waals surface area contributed by atoms with Gasteiger partial charge >= 0.3 is 6.03 Å². The Morgan fingerprint density at radius 1 is 1.48 bits per heavy atom. The van der Waals surface area contributed by atoms with Crippen molar-refractivity contribution in [3.05, 3.63) is 42.5 Å². The van der Waals surface area contributed by atoms with Crippen LogP contribution in [-0.2, 0) is 17.3 Å². The fourth-order valence-electron chi connectivity index (χ4n) is 2.13. The minimum atomic E-state index is -0.789. The molecule has 1 aromatic carbocycles. The van der Waals surface area contributed by atoms with Gasteiger partial charge in [-0.25, -0.2) is 4.79 Å². The highest BCUT2D eigenvalue weighted by atomic mass is 32.2. The van der Waals surface area contributed by atoms with Crippen LogP contribution in [0.3, 0.4) is 0 Å². The standard InChI is InChI=1S/C15H20N2O3S/c1-2-8-20-14-6-4-3-5-12(14)10-16-15(18)17-13-7-9-21(19)11-13/h2-6,13H,1,7-11H2,(H2,16,17,18). The van der Waals surface area contributed by atoms with Crippen molar-refractivity contribution in [1.82, 2.24) is 10.6 Å². The van der Waals surface area contributed by atoms with Gasteiger partial charge in [0.1, 0.15) is 12.4 Å². The van der Waals surface area contributed by atoms with Gasteiger partial charge in [-0.15, -0.1) is 0 Å². The van der Waals surface area contributed by atoms with E-state index in [0.717, 1.165) is 17.7 Å². The van der Waals surface area contributed by atoms with Gasteiger partial charge in [-0.05, 0) is 12.5 Å². The Labute approximate surface area is 127 Å². The molecule has 2 unspecified atom stereocenters. The van der Waals surface area contributed by atoms with Crippen LogP contribution in [0.2, 0.25) is 0 Å². The quantitative estimate of drug-likeness (QED) is 0.784. The van der Waals surface area contributed by atoms with Gasteiger partial charge in [-0.3, -0.25) is 4.21 Å². The Bertz CT molecular complexity index is 533. The molecule has 1 aliphatic heterocycles. The predicted octanol–water partition coefficient (Wildman–Crippen LogP) is 1.57. The van der Waals surface area contributed by atoms with Crippen LogP contribution in [0, 0.1) is 0 Å². The van der Waals surface area contributed by atoms with Crippen LogP contribution in [0.1, 0.15) is 12.0 Å². The molecule has 2 N–H and O–H groups in total. The minimum Gasteiger partial charge on any atom is -0.489 e. The molecule has 2 rings (SSSR count). The zero-order chi connectivity index (χ0) is 15.1. The average molecular weight is 308 g/mol. The molecular formula is C15H20N2O3S. The molecule has 5 nitrogen and oxygen atoms in total. The smallest absolute Gasteiger partial charge is 0.315 e. The summed E-state index contributed by atoms with van der Waals surface area (Å²) in [6.45, 7) is 4.43. The van der Waals surface area contributed by atoms with Crippen molar-refractivity contribution in [2.45, 2.75) is 19.0 Å². The van der Waals surface area contributed by atoms with Crippen LogP contribution in [0.25, 0.3) is 0 Å². The van der Waals surface area contributed by atoms with Gasteiger partial charge in [0.15, 0.2) is 0 Å². The minimum absolute atomic E-state index is 0.0121. The molecule has 1 aliphatic rings. The molecule has 0 spiro atoms. The third kappa shape index (κ3) is 4.90. The number of hydrogen-bond donors (Lipinski definition) is 2. The Hall–Kier alpha value is -1.82. The van der Waals surface area contributed by atoms with Crippen molar-refractivity contribution in [3.63, 3.8) is 0 Å². The van der Waals surface area contributed by atoms with Gasteiger partial charge in [0, 0.05) is 40.5 Å². The molecule has 0 aromatic heterocycles. The van der Waals surface area contributed by atoms with Crippen LogP contribution in [0.4, 0.5) is 4.79 Å². The molecule has 0 saturated carbocycles. The summed E-state index contributed by atoms with van der Waals surface area (Å²) >= 11 is 0. The molecule has 0 bridgehead atoms. The van der Waals surface area contributed by atoms with Crippen molar-refractivity contribution in [1.29, 1.82) is 0 Å². The van der Waals surface area contributed by atoms with E-state index >= 15 is 0 Å². The monoisotopic (exact) mass is 308 g/mol. The highest BCUT2D eigenvalue weighted by Gasteiger charge is 2.22. The van der Waals surface area contributed by atoms with Gasteiger partial charge in [-0.2, -0.15) is 0 Å². The first-order chi connectivity index (χ1) is 10.2. The summed E-state index contributed by atoms with van der Waals surface area (Å²) in [5, 5.41) is 5.64. The fourth-order valence-corrected chi connectivity index (χ4v) is 3.54. The molecule has 1 heterocycles. The molecule has 114 valence electrons. The van der Waals surface area contributed by atoms with Crippen molar-refractivity contribution >= 4 is 16.8 Å². The van der Waals surface area contributed by atoms with E-state index < -0.39 is 10.8 Å². The zero-order valence-corrected chi connectivity index (χ0v) is 12.7. The number of amides is 2. The summed E-state index contributed by atoms with van der Waals surface area (Å²) in [6.07, 6.45) is 2.45. The molecule has 6 heteroatoms. The van der Waals surface area contributed by atoms with E-state index in [9.17, 15) is 9.00 Å². The fraction of sp³-hybridized carbons (Fsp3) is 0.400. The average Bonchev–Trinajstić information content (AvgIpc) is 2.89. The summed E-state index contributed by atoms with van der Waals surface area (Å²) < 4.78 is 16.8. The highest BCUT2D eigenvalue weighted by molar-refractivity contribution is 7.85. The molecule has 2 atom stereocenters. The second-order valence-corrected chi connectivity index (χ2v) is 6.45. The number of rotatable bonds is 6. The number of carbonyl (C=O) groups excluding carboxylic acids is 1. The van der Waals surface area contributed by atoms with Crippen LogP contribution in [0.5, 0.6) is 5.75 Å². The Morgan fingerprint density at radius 2 is 2.29 bits per heavy atom. The van der Waals surface area contributed by atoms with Gasteiger partial charge in [0.2, 0.25) is 0 Å². The maximum atomic E-state index is 11.8. The summed E-state index contributed by atoms with van der Waals surface area (Å²) in [5.74, 6) is 1.95. The van der Waals surface area contributed by atoms with Crippen molar-refractivity contribution < 1.29 is 13.7 Å². The normalized spacial score (nSPS) is 20.8. The van der Waals surface area contributed by atoms with Crippen molar-refractivity contribution in [2.24, 2.45) is 0 Å². The maximum absolute atomic E-state index is 11.8. The molecule has 21 heavy (non-hydrogen) atoms. The van der Waals surface area contributed by atoms with Crippen LogP contribution in [-0.4, -0.2) is 34.4 Å². The Balaban J connectivity index is 1.83. The van der Waals surface area contributed by atoms with Crippen LogP contribution >= 0.6 is 0 Å². The van der Waals surface area contributed by atoms with Crippen LogP contribution < -0.4 is 15.4 Å². The zero-order valence-electron chi connectivity index (χ0n) is 11.8. The van der Waals surface area contributed by atoms with E-state index in [0.29, 0.717) is 24.7 Å². The maximum Gasteiger partial charge on any atom is 0.315 e. The van der Waals surface area contributed by atoms with Gasteiger partial charge in [0.25, 0.3) is 0 Å². The molecule has 2 amide bonds. The number of nitrogens with one attached hydrogen (secondary N) is 2. The van der Waals surface area contributed by atoms with E-state index in [1.165, 1.54) is 0 Å². The lowest BCUT2D eigenvalue weighted by Crippen LogP contribution is -2.42. The number of para-hydroxylation sites is 1. The van der Waals surface area contributed by atoms with E-state index in [1.54, 1.807) is 6.08 Å². The first-order valence-electron chi connectivity index (χ1n) is 6.90. The third-order valence-electron chi connectivity index (χ3n) is 3.18. The van der Waals surface area contributed by atoms with E-state index in [1.807, 2.05) is 24.3 Å². The summed E-state index contributed by atoms with van der Waals surface area (Å²) in [6, 6.07) is 7.32. The first-order valence-corrected chi connectivity index (χ1v) is 8.39. The second kappa shape index (κ2) is 7.83. The van der Waals surface area contributed by atoms with Gasteiger partial charge in [-0.1, -0.05) is 30.9 Å². The highest BCUT2D eigenvalue weighted by Crippen LogP contribution is 2.17. The van der Waals surface area contributed by atoms with E-state index in [-0.39, 0.29) is 12.1 Å².